The number of carbonyl (C=O) groups is 1. The number of sulfone groups is 1. The molecule has 10 heteroatoms. The number of aryl methyl sites for hydroxylation is 1. The van der Waals surface area contributed by atoms with E-state index in [0.717, 1.165) is 5.56 Å². The van der Waals surface area contributed by atoms with Crippen molar-refractivity contribution in [3.63, 3.8) is 0 Å². The van der Waals surface area contributed by atoms with Crippen molar-refractivity contribution in [1.82, 2.24) is 20.0 Å². The molecule has 1 N–H and O–H groups in total. The summed E-state index contributed by atoms with van der Waals surface area (Å²) >= 11 is 0. The van der Waals surface area contributed by atoms with Gasteiger partial charge < -0.3 is 4.42 Å². The second kappa shape index (κ2) is 7.31. The molecule has 3 rings (SSSR count). The van der Waals surface area contributed by atoms with Crippen LogP contribution in [0, 0.1) is 0 Å². The van der Waals surface area contributed by atoms with Gasteiger partial charge in [-0.25, -0.2) is 8.42 Å². The summed E-state index contributed by atoms with van der Waals surface area (Å²) < 4.78 is 31.1. The summed E-state index contributed by atoms with van der Waals surface area (Å²) in [6, 6.07) is 8.08. The van der Waals surface area contributed by atoms with Crippen molar-refractivity contribution >= 4 is 21.8 Å². The van der Waals surface area contributed by atoms with Gasteiger partial charge >= 0.3 is 6.01 Å². The van der Waals surface area contributed by atoms with Crippen LogP contribution >= 0.6 is 0 Å². The molecule has 0 bridgehead atoms. The molecule has 2 aromatic heterocycles. The molecule has 0 unspecified atom stereocenters. The fraction of sp³-hybridized carbons (Fsp3) is 0.294. The van der Waals surface area contributed by atoms with Crippen LogP contribution in [0.25, 0.3) is 0 Å². The van der Waals surface area contributed by atoms with Gasteiger partial charge in [-0.2, -0.15) is 5.10 Å². The Morgan fingerprint density at radius 1 is 1.19 bits per heavy atom. The normalized spacial score (nSPS) is 11.7. The maximum atomic E-state index is 12.1. The Morgan fingerprint density at radius 2 is 1.89 bits per heavy atom. The Bertz CT molecular complexity index is 1050. The molecule has 0 atom stereocenters. The lowest BCUT2D eigenvalue weighted by atomic mass is 10.1. The maximum Gasteiger partial charge on any atom is 0.322 e. The number of aromatic nitrogens is 4. The van der Waals surface area contributed by atoms with E-state index >= 15 is 0 Å². The highest BCUT2D eigenvalue weighted by atomic mass is 32.2. The number of hydrogen-bond donors (Lipinski definition) is 1. The highest BCUT2D eigenvalue weighted by molar-refractivity contribution is 7.92. The summed E-state index contributed by atoms with van der Waals surface area (Å²) in [6.45, 7) is 3.28. The second-order valence-corrected chi connectivity index (χ2v) is 8.71. The van der Waals surface area contributed by atoms with Crippen molar-refractivity contribution in [2.75, 3.05) is 5.32 Å². The van der Waals surface area contributed by atoms with E-state index in [1.165, 1.54) is 10.9 Å². The van der Waals surface area contributed by atoms with Gasteiger partial charge in [-0.05, 0) is 37.6 Å². The zero-order valence-corrected chi connectivity index (χ0v) is 15.9. The van der Waals surface area contributed by atoms with Crippen LogP contribution in [0.3, 0.4) is 0 Å². The topological polar surface area (TPSA) is 120 Å². The number of anilines is 1. The number of nitrogens with zero attached hydrogens (tertiary/aromatic N) is 4. The largest absolute Gasteiger partial charge is 0.407 e. The van der Waals surface area contributed by atoms with Crippen molar-refractivity contribution in [1.29, 1.82) is 0 Å². The number of rotatable bonds is 6. The van der Waals surface area contributed by atoms with Crippen molar-refractivity contribution in [2.24, 2.45) is 7.05 Å². The van der Waals surface area contributed by atoms with Crippen LogP contribution in [0.15, 0.2) is 45.8 Å². The Labute approximate surface area is 156 Å². The Hall–Kier alpha value is -3.01. The minimum atomic E-state index is -3.31. The van der Waals surface area contributed by atoms with E-state index in [-0.39, 0.29) is 10.9 Å². The molecule has 0 aliphatic rings. The van der Waals surface area contributed by atoms with Gasteiger partial charge in [0.15, 0.2) is 9.84 Å². The van der Waals surface area contributed by atoms with Crippen LogP contribution in [0.5, 0.6) is 0 Å². The molecule has 1 amide bonds. The average molecular weight is 389 g/mol. The minimum absolute atomic E-state index is 0.0183. The molecule has 0 spiro atoms. The van der Waals surface area contributed by atoms with E-state index in [4.69, 9.17) is 4.42 Å². The number of carbonyl (C=O) groups excluding carboxylic acids is 1. The molecule has 2 heterocycles. The van der Waals surface area contributed by atoms with E-state index in [1.807, 2.05) is 0 Å². The lowest BCUT2D eigenvalue weighted by molar-refractivity contribution is 0.101. The van der Waals surface area contributed by atoms with Crippen LogP contribution in [0.2, 0.25) is 0 Å². The fourth-order valence-corrected chi connectivity index (χ4v) is 3.44. The number of nitrogens with one attached hydrogen (secondary N) is 1. The van der Waals surface area contributed by atoms with Gasteiger partial charge in [-0.3, -0.25) is 14.8 Å². The van der Waals surface area contributed by atoms with Gasteiger partial charge in [-0.1, -0.05) is 17.2 Å². The van der Waals surface area contributed by atoms with E-state index in [2.05, 4.69) is 20.6 Å². The lowest BCUT2D eigenvalue weighted by Gasteiger charge is -2.08. The molecule has 0 aliphatic heterocycles. The quantitative estimate of drug-likeness (QED) is 0.683. The van der Waals surface area contributed by atoms with Crippen molar-refractivity contribution < 1.29 is 17.6 Å². The third kappa shape index (κ3) is 4.05. The number of amides is 1. The molecule has 3 aromatic rings. The second-order valence-electron chi connectivity index (χ2n) is 6.21. The zero-order chi connectivity index (χ0) is 19.6. The first kappa shape index (κ1) is 18.8. The Kier molecular flexibility index (Phi) is 5.08. The first-order chi connectivity index (χ1) is 12.8. The number of hydrogen-bond acceptors (Lipinski definition) is 7. The minimum Gasteiger partial charge on any atom is -0.407 e. The molecule has 1 aromatic carbocycles. The van der Waals surface area contributed by atoms with E-state index in [9.17, 15) is 13.2 Å². The fourth-order valence-electron chi connectivity index (χ4n) is 2.38. The first-order valence-electron chi connectivity index (χ1n) is 8.22. The molecule has 0 radical (unpaired) electrons. The lowest BCUT2D eigenvalue weighted by Crippen LogP contribution is -2.16. The molecule has 0 fully saturated rings. The highest BCUT2D eigenvalue weighted by Gasteiger charge is 2.19. The molecular weight excluding hydrogens is 370 g/mol. The predicted octanol–water partition coefficient (Wildman–Crippen LogP) is 1.83. The molecule has 0 aliphatic carbocycles. The van der Waals surface area contributed by atoms with E-state index in [1.54, 1.807) is 51.2 Å². The zero-order valence-electron chi connectivity index (χ0n) is 15.1. The summed E-state index contributed by atoms with van der Waals surface area (Å²) in [5, 5.41) is 13.6. The van der Waals surface area contributed by atoms with Crippen LogP contribution < -0.4 is 5.32 Å². The summed E-state index contributed by atoms with van der Waals surface area (Å²) in [6.07, 6.45) is 1.83. The van der Waals surface area contributed by atoms with Gasteiger partial charge in [-0.15, -0.1) is 5.10 Å². The third-order valence-corrected chi connectivity index (χ3v) is 6.14. The summed E-state index contributed by atoms with van der Waals surface area (Å²) in [5.41, 5.74) is 1.17. The predicted molar refractivity (Wildman–Crippen MR) is 97.0 cm³/mol. The molecule has 0 saturated carbocycles. The van der Waals surface area contributed by atoms with Gasteiger partial charge in [0.1, 0.15) is 5.69 Å². The molecule has 142 valence electrons. The third-order valence-electron chi connectivity index (χ3n) is 3.97. The summed E-state index contributed by atoms with van der Waals surface area (Å²) in [4.78, 5) is 12.4. The maximum absolute atomic E-state index is 12.1. The summed E-state index contributed by atoms with van der Waals surface area (Å²) in [5.74, 6) is -0.108. The summed E-state index contributed by atoms with van der Waals surface area (Å²) in [7, 11) is -1.66. The highest BCUT2D eigenvalue weighted by Crippen LogP contribution is 2.18. The van der Waals surface area contributed by atoms with Gasteiger partial charge in [0.25, 0.3) is 5.91 Å². The van der Waals surface area contributed by atoms with Crippen molar-refractivity contribution in [2.45, 2.75) is 30.4 Å². The van der Waals surface area contributed by atoms with Gasteiger partial charge in [0, 0.05) is 13.2 Å². The van der Waals surface area contributed by atoms with Crippen LogP contribution in [-0.2, 0) is 23.3 Å². The van der Waals surface area contributed by atoms with E-state index in [0.29, 0.717) is 18.0 Å². The van der Waals surface area contributed by atoms with Gasteiger partial charge in [0.2, 0.25) is 5.89 Å². The standard InChI is InChI=1S/C17H19N5O4S/c1-11(2)27(24,25)13-6-4-12(5-7-13)10-15-20-21-17(26-15)19-16(23)14-8-9-18-22(14)3/h4-9,11H,10H2,1-3H3,(H,19,21,23). The smallest absolute Gasteiger partial charge is 0.322 e. The van der Waals surface area contributed by atoms with Crippen LogP contribution in [-0.4, -0.2) is 39.6 Å². The molecule has 9 nitrogen and oxygen atoms in total. The van der Waals surface area contributed by atoms with E-state index < -0.39 is 21.0 Å². The Morgan fingerprint density at radius 3 is 2.48 bits per heavy atom. The number of benzene rings is 1. The van der Waals surface area contributed by atoms with Crippen LogP contribution in [0.4, 0.5) is 6.01 Å². The van der Waals surface area contributed by atoms with Crippen molar-refractivity contribution in [3.05, 3.63) is 53.7 Å². The Balaban J connectivity index is 1.67. The van der Waals surface area contributed by atoms with Crippen molar-refractivity contribution in [3.8, 4) is 0 Å². The SMILES string of the molecule is CC(C)S(=O)(=O)c1ccc(Cc2nnc(NC(=O)c3ccnn3C)o2)cc1. The van der Waals surface area contributed by atoms with Gasteiger partial charge in [0.05, 0.1) is 16.6 Å². The first-order valence-corrected chi connectivity index (χ1v) is 9.76. The molecule has 0 saturated heterocycles. The van der Waals surface area contributed by atoms with Crippen LogP contribution in [0.1, 0.15) is 35.8 Å². The molecule has 27 heavy (non-hydrogen) atoms. The molecular formula is C17H19N5O4S. The average Bonchev–Trinajstić information content (AvgIpc) is 3.24. The monoisotopic (exact) mass is 389 g/mol.